The number of hydrogen-bond donors (Lipinski definition) is 1. The van der Waals surface area contributed by atoms with E-state index in [0.717, 1.165) is 25.8 Å². The summed E-state index contributed by atoms with van der Waals surface area (Å²) in [6, 6.07) is -0.311. The lowest BCUT2D eigenvalue weighted by molar-refractivity contribution is -0.131. The van der Waals surface area contributed by atoms with Gasteiger partial charge in [-0.2, -0.15) is 0 Å². The fraction of sp³-hybridized carbons (Fsp3) is 0.909. The third-order valence-electron chi connectivity index (χ3n) is 2.58. The van der Waals surface area contributed by atoms with Gasteiger partial charge >= 0.3 is 0 Å². The van der Waals surface area contributed by atoms with Crippen LogP contribution in [-0.2, 0) is 4.79 Å². The monoisotopic (exact) mass is 200 g/mol. The average Bonchev–Trinajstić information content (AvgIpc) is 2.16. The summed E-state index contributed by atoms with van der Waals surface area (Å²) in [6.45, 7) is 7.14. The summed E-state index contributed by atoms with van der Waals surface area (Å²) in [5.41, 5.74) is 5.75. The number of rotatable bonds is 6. The summed E-state index contributed by atoms with van der Waals surface area (Å²) < 4.78 is 0. The Morgan fingerprint density at radius 3 is 2.43 bits per heavy atom. The number of likely N-dealkylation sites (N-methyl/N-ethyl adjacent to an activating group) is 1. The van der Waals surface area contributed by atoms with Crippen LogP contribution in [0.3, 0.4) is 0 Å². The summed E-state index contributed by atoms with van der Waals surface area (Å²) >= 11 is 0. The quantitative estimate of drug-likeness (QED) is 0.708. The van der Waals surface area contributed by atoms with Gasteiger partial charge in [0.25, 0.3) is 0 Å². The van der Waals surface area contributed by atoms with Crippen molar-refractivity contribution < 1.29 is 4.79 Å². The number of nitrogens with two attached hydrogens (primary N) is 1. The average molecular weight is 200 g/mol. The Hall–Kier alpha value is -0.570. The highest BCUT2D eigenvalue weighted by atomic mass is 16.2. The van der Waals surface area contributed by atoms with E-state index in [9.17, 15) is 4.79 Å². The molecule has 1 unspecified atom stereocenters. The van der Waals surface area contributed by atoms with Crippen molar-refractivity contribution in [3.05, 3.63) is 0 Å². The Balaban J connectivity index is 3.98. The molecular weight excluding hydrogens is 176 g/mol. The Bertz CT molecular complexity index is 171. The molecule has 2 N–H and O–H groups in total. The van der Waals surface area contributed by atoms with Crippen LogP contribution in [0.2, 0.25) is 0 Å². The van der Waals surface area contributed by atoms with Crippen LogP contribution >= 0.6 is 0 Å². The zero-order chi connectivity index (χ0) is 11.1. The lowest BCUT2D eigenvalue weighted by atomic mass is 10.1. The molecular formula is C11H24N2O. The largest absolute Gasteiger partial charge is 0.344 e. The molecule has 14 heavy (non-hydrogen) atoms. The van der Waals surface area contributed by atoms with Crippen molar-refractivity contribution in [1.29, 1.82) is 0 Å². The molecule has 3 heteroatoms. The van der Waals surface area contributed by atoms with E-state index in [4.69, 9.17) is 5.73 Å². The molecule has 0 bridgehead atoms. The molecule has 84 valence electrons. The summed E-state index contributed by atoms with van der Waals surface area (Å²) in [6.07, 6.45) is 2.84. The molecule has 0 radical (unpaired) electrons. The van der Waals surface area contributed by atoms with Crippen molar-refractivity contribution in [3.8, 4) is 0 Å². The van der Waals surface area contributed by atoms with Crippen LogP contribution in [0.25, 0.3) is 0 Å². The van der Waals surface area contributed by atoms with E-state index in [2.05, 4.69) is 13.8 Å². The van der Waals surface area contributed by atoms with E-state index in [1.54, 1.807) is 4.90 Å². The summed E-state index contributed by atoms with van der Waals surface area (Å²) in [5.74, 6) is 0.630. The van der Waals surface area contributed by atoms with Crippen molar-refractivity contribution in [3.63, 3.8) is 0 Å². The van der Waals surface area contributed by atoms with Crippen LogP contribution in [0.4, 0.5) is 0 Å². The van der Waals surface area contributed by atoms with Crippen LogP contribution in [0.5, 0.6) is 0 Å². The molecule has 0 rings (SSSR count). The molecule has 1 amide bonds. The third-order valence-corrected chi connectivity index (χ3v) is 2.58. The van der Waals surface area contributed by atoms with E-state index >= 15 is 0 Å². The number of carbonyl (C=O) groups is 1. The summed E-state index contributed by atoms with van der Waals surface area (Å²) in [5, 5.41) is 0. The molecule has 0 spiro atoms. The fourth-order valence-electron chi connectivity index (χ4n) is 1.40. The lowest BCUT2D eigenvalue weighted by Gasteiger charge is -2.23. The van der Waals surface area contributed by atoms with Crippen molar-refractivity contribution in [2.24, 2.45) is 11.7 Å². The highest BCUT2D eigenvalue weighted by Crippen LogP contribution is 2.05. The minimum Gasteiger partial charge on any atom is -0.344 e. The van der Waals surface area contributed by atoms with Gasteiger partial charge in [-0.3, -0.25) is 4.79 Å². The van der Waals surface area contributed by atoms with Gasteiger partial charge < -0.3 is 10.6 Å². The topological polar surface area (TPSA) is 46.3 Å². The van der Waals surface area contributed by atoms with Crippen molar-refractivity contribution in [2.75, 3.05) is 13.6 Å². The molecule has 0 aromatic heterocycles. The standard InChI is InChI=1S/C11H24N2O/c1-5-7-10(12)11(14)13(4)8-9(3)6-2/h9-10H,5-8,12H2,1-4H3/t9?,10-/m1/s1. The van der Waals surface area contributed by atoms with Gasteiger partial charge in [-0.15, -0.1) is 0 Å². The molecule has 0 aliphatic heterocycles. The molecule has 0 saturated carbocycles. The van der Waals surface area contributed by atoms with Crippen LogP contribution in [-0.4, -0.2) is 30.4 Å². The summed E-state index contributed by atoms with van der Waals surface area (Å²) in [4.78, 5) is 13.4. The van der Waals surface area contributed by atoms with Gasteiger partial charge in [0.05, 0.1) is 6.04 Å². The zero-order valence-corrected chi connectivity index (χ0v) is 9.92. The smallest absolute Gasteiger partial charge is 0.239 e. The first-order chi connectivity index (χ1) is 6.52. The minimum atomic E-state index is -0.311. The first-order valence-electron chi connectivity index (χ1n) is 5.53. The number of nitrogens with zero attached hydrogens (tertiary/aromatic N) is 1. The van der Waals surface area contributed by atoms with Gasteiger partial charge in [-0.05, 0) is 12.3 Å². The molecule has 0 aliphatic rings. The van der Waals surface area contributed by atoms with Gasteiger partial charge in [-0.25, -0.2) is 0 Å². The highest BCUT2D eigenvalue weighted by molar-refractivity contribution is 5.81. The minimum absolute atomic E-state index is 0.0761. The van der Waals surface area contributed by atoms with Gasteiger partial charge in [0.2, 0.25) is 5.91 Å². The number of amides is 1. The maximum atomic E-state index is 11.7. The predicted octanol–water partition coefficient (Wildman–Crippen LogP) is 1.62. The first kappa shape index (κ1) is 13.4. The Kier molecular flexibility index (Phi) is 6.54. The van der Waals surface area contributed by atoms with E-state index in [1.165, 1.54) is 0 Å². The zero-order valence-electron chi connectivity index (χ0n) is 9.92. The first-order valence-corrected chi connectivity index (χ1v) is 5.53. The second-order valence-corrected chi connectivity index (χ2v) is 4.13. The van der Waals surface area contributed by atoms with Crippen LogP contribution < -0.4 is 5.73 Å². The maximum Gasteiger partial charge on any atom is 0.239 e. The van der Waals surface area contributed by atoms with E-state index in [1.807, 2.05) is 14.0 Å². The second-order valence-electron chi connectivity index (χ2n) is 4.13. The maximum absolute atomic E-state index is 11.7. The van der Waals surface area contributed by atoms with E-state index in [0.29, 0.717) is 5.92 Å². The van der Waals surface area contributed by atoms with Gasteiger partial charge in [0.1, 0.15) is 0 Å². The Morgan fingerprint density at radius 1 is 1.43 bits per heavy atom. The van der Waals surface area contributed by atoms with Gasteiger partial charge in [-0.1, -0.05) is 33.6 Å². The molecule has 0 aromatic rings. The number of hydrogen-bond acceptors (Lipinski definition) is 2. The molecule has 0 heterocycles. The van der Waals surface area contributed by atoms with Crippen LogP contribution in [0, 0.1) is 5.92 Å². The summed E-state index contributed by atoms with van der Waals surface area (Å²) in [7, 11) is 1.84. The van der Waals surface area contributed by atoms with Gasteiger partial charge in [0.15, 0.2) is 0 Å². The SMILES string of the molecule is CCC[C@@H](N)C(=O)N(C)CC(C)CC. The molecule has 0 fully saturated rings. The van der Waals surface area contributed by atoms with Crippen LogP contribution in [0.15, 0.2) is 0 Å². The Labute approximate surface area is 87.6 Å². The lowest BCUT2D eigenvalue weighted by Crippen LogP contribution is -2.43. The Morgan fingerprint density at radius 2 is 2.00 bits per heavy atom. The van der Waals surface area contributed by atoms with Gasteiger partial charge in [0, 0.05) is 13.6 Å². The predicted molar refractivity (Wildman–Crippen MR) is 60.0 cm³/mol. The number of carbonyl (C=O) groups excluding carboxylic acids is 1. The normalized spacial score (nSPS) is 14.9. The van der Waals surface area contributed by atoms with E-state index in [-0.39, 0.29) is 11.9 Å². The van der Waals surface area contributed by atoms with E-state index < -0.39 is 0 Å². The molecule has 2 atom stereocenters. The van der Waals surface area contributed by atoms with Crippen molar-refractivity contribution in [2.45, 2.75) is 46.1 Å². The third kappa shape index (κ3) is 4.61. The highest BCUT2D eigenvalue weighted by Gasteiger charge is 2.17. The van der Waals surface area contributed by atoms with Crippen LogP contribution in [0.1, 0.15) is 40.0 Å². The molecule has 0 saturated heterocycles. The fourth-order valence-corrected chi connectivity index (χ4v) is 1.40. The van der Waals surface area contributed by atoms with Crippen molar-refractivity contribution in [1.82, 2.24) is 4.90 Å². The molecule has 0 aliphatic carbocycles. The van der Waals surface area contributed by atoms with Crippen molar-refractivity contribution >= 4 is 5.91 Å². The molecule has 3 nitrogen and oxygen atoms in total. The molecule has 0 aromatic carbocycles. The second kappa shape index (κ2) is 6.82.